The fraction of sp³-hybridized carbons (Fsp3) is 0.467. The van der Waals surface area contributed by atoms with Crippen LogP contribution in [0.2, 0.25) is 0 Å². The number of sulfonamides is 1. The highest BCUT2D eigenvalue weighted by Crippen LogP contribution is 2.33. The third kappa shape index (κ3) is 3.71. The molecule has 0 unspecified atom stereocenters. The van der Waals surface area contributed by atoms with E-state index in [1.54, 1.807) is 6.07 Å². The molecular weight excluding hydrogens is 342 g/mol. The quantitative estimate of drug-likeness (QED) is 0.884. The summed E-state index contributed by atoms with van der Waals surface area (Å²) in [7, 11) is -4.51. The lowest BCUT2D eigenvalue weighted by Gasteiger charge is -2.28. The Morgan fingerprint density at radius 1 is 1.38 bits per heavy atom. The van der Waals surface area contributed by atoms with Crippen molar-refractivity contribution in [1.82, 2.24) is 4.72 Å². The van der Waals surface area contributed by atoms with Crippen LogP contribution in [0.4, 0.5) is 8.78 Å². The zero-order valence-corrected chi connectivity index (χ0v) is 13.7. The van der Waals surface area contributed by atoms with E-state index < -0.39 is 27.8 Å². The van der Waals surface area contributed by atoms with E-state index in [9.17, 15) is 22.0 Å². The first kappa shape index (κ1) is 18.3. The predicted molar refractivity (Wildman–Crippen MR) is 79.7 cm³/mol. The van der Waals surface area contributed by atoms with Crippen LogP contribution in [-0.2, 0) is 19.6 Å². The summed E-state index contributed by atoms with van der Waals surface area (Å²) < 4.78 is 59.4. The number of aryl methyl sites for hydroxylation is 1. The van der Waals surface area contributed by atoms with Crippen molar-refractivity contribution in [1.29, 1.82) is 5.26 Å². The van der Waals surface area contributed by atoms with Crippen molar-refractivity contribution in [2.75, 3.05) is 13.2 Å². The van der Waals surface area contributed by atoms with Gasteiger partial charge in [0.25, 0.3) is 10.0 Å². The Hall–Kier alpha value is -2.05. The number of benzene rings is 1. The second-order valence-corrected chi connectivity index (χ2v) is 7.19. The molecule has 1 N–H and O–H groups in total. The van der Waals surface area contributed by atoms with Crippen LogP contribution in [0.1, 0.15) is 24.0 Å². The van der Waals surface area contributed by atoms with Crippen LogP contribution in [0.3, 0.4) is 0 Å². The van der Waals surface area contributed by atoms with Gasteiger partial charge in [0.1, 0.15) is 0 Å². The Morgan fingerprint density at radius 3 is 2.58 bits per heavy atom. The lowest BCUT2D eigenvalue weighted by Crippen LogP contribution is -2.48. The monoisotopic (exact) mass is 358 g/mol. The van der Waals surface area contributed by atoms with Gasteiger partial charge in [0.15, 0.2) is 0 Å². The number of amides is 1. The molecule has 1 aromatic rings. The van der Waals surface area contributed by atoms with Gasteiger partial charge in [-0.25, -0.2) is 13.1 Å². The van der Waals surface area contributed by atoms with E-state index in [2.05, 4.69) is 0 Å². The Morgan fingerprint density at radius 2 is 2.00 bits per heavy atom. The summed E-state index contributed by atoms with van der Waals surface area (Å²) in [6.45, 7) is 1.64. The Kier molecular flexibility index (Phi) is 5.20. The van der Waals surface area contributed by atoms with Crippen LogP contribution in [0.15, 0.2) is 23.1 Å². The summed E-state index contributed by atoms with van der Waals surface area (Å²) in [5.74, 6) is -6.96. The highest BCUT2D eigenvalue weighted by atomic mass is 32.2. The average Bonchev–Trinajstić information content (AvgIpc) is 2.55. The Balaban J connectivity index is 2.25. The molecule has 0 saturated carbocycles. The molecule has 2 rings (SSSR count). The van der Waals surface area contributed by atoms with E-state index in [1.165, 1.54) is 23.8 Å². The van der Waals surface area contributed by atoms with Crippen molar-refractivity contribution in [3.8, 4) is 6.07 Å². The molecule has 1 aliphatic heterocycles. The topological polar surface area (TPSA) is 96.3 Å². The molecule has 1 aromatic carbocycles. The summed E-state index contributed by atoms with van der Waals surface area (Å²) in [4.78, 5) is 11.5. The maximum atomic E-state index is 14.2. The molecule has 1 amide bonds. The average molecular weight is 358 g/mol. The van der Waals surface area contributed by atoms with Crippen molar-refractivity contribution >= 4 is 15.9 Å². The van der Waals surface area contributed by atoms with Crippen molar-refractivity contribution in [2.24, 2.45) is 5.92 Å². The molecule has 130 valence electrons. The molecule has 24 heavy (non-hydrogen) atoms. The summed E-state index contributed by atoms with van der Waals surface area (Å²) in [5.41, 5.74) is 0.285. The molecule has 1 heterocycles. The summed E-state index contributed by atoms with van der Waals surface area (Å²) in [5, 5.41) is 8.84. The normalized spacial score (nSPS) is 16.4. The fourth-order valence-electron chi connectivity index (χ4n) is 2.45. The molecule has 1 aliphatic rings. The standard InChI is InChI=1S/C15H16F2N2O4S/c1-10-2-3-11(9-18)8-13(10)24(21,22)19-14(20)15(16,17)12-4-6-23-7-5-12/h2-3,8,12H,4-7H2,1H3,(H,19,20). The van der Waals surface area contributed by atoms with Crippen molar-refractivity contribution in [3.05, 3.63) is 29.3 Å². The second-order valence-electron chi connectivity index (χ2n) is 5.54. The van der Waals surface area contributed by atoms with Crippen LogP contribution < -0.4 is 4.72 Å². The van der Waals surface area contributed by atoms with E-state index in [-0.39, 0.29) is 42.1 Å². The highest BCUT2D eigenvalue weighted by molar-refractivity contribution is 7.90. The van der Waals surface area contributed by atoms with E-state index in [0.717, 1.165) is 6.07 Å². The van der Waals surface area contributed by atoms with Gasteiger partial charge in [-0.15, -0.1) is 0 Å². The van der Waals surface area contributed by atoms with Crippen molar-refractivity contribution in [2.45, 2.75) is 30.6 Å². The lowest BCUT2D eigenvalue weighted by molar-refractivity contribution is -0.157. The van der Waals surface area contributed by atoms with Crippen molar-refractivity contribution < 1.29 is 26.7 Å². The second kappa shape index (κ2) is 6.83. The van der Waals surface area contributed by atoms with Gasteiger partial charge in [-0.3, -0.25) is 4.79 Å². The van der Waals surface area contributed by atoms with Gasteiger partial charge in [0.05, 0.1) is 16.5 Å². The fourth-order valence-corrected chi connectivity index (χ4v) is 3.71. The Bertz CT molecular complexity index is 781. The summed E-state index contributed by atoms with van der Waals surface area (Å²) >= 11 is 0. The Labute approximate surface area is 138 Å². The number of nitrogens with one attached hydrogen (secondary N) is 1. The number of nitriles is 1. The first-order valence-corrected chi connectivity index (χ1v) is 8.70. The molecule has 6 nitrogen and oxygen atoms in total. The number of nitrogens with zero attached hydrogens (tertiary/aromatic N) is 1. The minimum Gasteiger partial charge on any atom is -0.381 e. The number of carbonyl (C=O) groups excluding carboxylic acids is 1. The van der Waals surface area contributed by atoms with Crippen LogP contribution in [-0.4, -0.2) is 33.5 Å². The molecule has 0 aliphatic carbocycles. The predicted octanol–water partition coefficient (Wildman–Crippen LogP) is 1.73. The number of hydrogen-bond acceptors (Lipinski definition) is 5. The van der Waals surface area contributed by atoms with Crippen LogP contribution in [0, 0.1) is 24.2 Å². The van der Waals surface area contributed by atoms with Gasteiger partial charge in [-0.05, 0) is 37.5 Å². The van der Waals surface area contributed by atoms with Gasteiger partial charge in [-0.2, -0.15) is 14.0 Å². The lowest BCUT2D eigenvalue weighted by atomic mass is 9.92. The number of ether oxygens (including phenoxy) is 1. The summed E-state index contributed by atoms with van der Waals surface area (Å²) in [6, 6.07) is 5.57. The zero-order valence-electron chi connectivity index (χ0n) is 12.9. The minimum atomic E-state index is -4.51. The van der Waals surface area contributed by atoms with E-state index in [1.807, 2.05) is 0 Å². The smallest absolute Gasteiger partial charge is 0.328 e. The van der Waals surface area contributed by atoms with Gasteiger partial charge < -0.3 is 4.74 Å². The number of alkyl halides is 2. The van der Waals surface area contributed by atoms with Crippen LogP contribution in [0.25, 0.3) is 0 Å². The van der Waals surface area contributed by atoms with Crippen LogP contribution >= 0.6 is 0 Å². The zero-order chi connectivity index (χ0) is 18.0. The van der Waals surface area contributed by atoms with Gasteiger partial charge in [0, 0.05) is 19.1 Å². The highest BCUT2D eigenvalue weighted by Gasteiger charge is 2.48. The third-order valence-electron chi connectivity index (χ3n) is 3.87. The summed E-state index contributed by atoms with van der Waals surface area (Å²) in [6.07, 6.45) is -0.0488. The van der Waals surface area contributed by atoms with Crippen LogP contribution in [0.5, 0.6) is 0 Å². The molecule has 1 fully saturated rings. The maximum absolute atomic E-state index is 14.2. The van der Waals surface area contributed by atoms with E-state index in [0.29, 0.717) is 0 Å². The molecule has 0 aromatic heterocycles. The SMILES string of the molecule is Cc1ccc(C#N)cc1S(=O)(=O)NC(=O)C(F)(F)C1CCOCC1. The molecule has 9 heteroatoms. The molecule has 0 bridgehead atoms. The van der Waals surface area contributed by atoms with E-state index in [4.69, 9.17) is 10.00 Å². The largest absolute Gasteiger partial charge is 0.381 e. The number of hydrogen-bond donors (Lipinski definition) is 1. The van der Waals surface area contributed by atoms with Gasteiger partial charge in [0.2, 0.25) is 0 Å². The number of carbonyl (C=O) groups is 1. The molecule has 0 atom stereocenters. The third-order valence-corrected chi connectivity index (χ3v) is 5.34. The molecule has 0 radical (unpaired) electrons. The molecule has 1 saturated heterocycles. The first-order valence-electron chi connectivity index (χ1n) is 7.22. The van der Waals surface area contributed by atoms with E-state index >= 15 is 0 Å². The van der Waals surface area contributed by atoms with Gasteiger partial charge >= 0.3 is 11.8 Å². The minimum absolute atomic E-state index is 0.0244. The molecular formula is C15H16F2N2O4S. The maximum Gasteiger partial charge on any atom is 0.328 e. The van der Waals surface area contributed by atoms with Crippen molar-refractivity contribution in [3.63, 3.8) is 0 Å². The number of rotatable bonds is 4. The van der Waals surface area contributed by atoms with Gasteiger partial charge in [-0.1, -0.05) is 6.07 Å². The first-order chi connectivity index (χ1) is 11.2. The number of halogens is 2. The molecule has 0 spiro atoms.